The van der Waals surface area contributed by atoms with Gasteiger partial charge in [0.1, 0.15) is 6.10 Å². The highest BCUT2D eigenvalue weighted by Gasteiger charge is 2.23. The van der Waals surface area contributed by atoms with Crippen molar-refractivity contribution in [1.29, 1.82) is 0 Å². The summed E-state index contributed by atoms with van der Waals surface area (Å²) >= 11 is 0. The third kappa shape index (κ3) is 60.8. The molecular weight excluding hydrogens is 873 g/mol. The number of rotatable bonds is 67. The lowest BCUT2D eigenvalue weighted by Crippen LogP contribution is -2.24. The van der Waals surface area contributed by atoms with E-state index in [2.05, 4.69) is 20.8 Å². The SMILES string of the molecule is CCCCCCCCCCCCCCCCCCCCCCCO[C](CCCCCCCCCCCCCCCCCCCCCCC)C(CCCCCCCCCCCCCCCCCCCCC)OC. The van der Waals surface area contributed by atoms with Gasteiger partial charge in [0, 0.05) is 13.7 Å². The van der Waals surface area contributed by atoms with E-state index < -0.39 is 0 Å². The van der Waals surface area contributed by atoms with Gasteiger partial charge in [0.2, 0.25) is 0 Å². The van der Waals surface area contributed by atoms with Crippen LogP contribution in [0.3, 0.4) is 0 Å². The largest absolute Gasteiger partial charge is 0.378 e. The summed E-state index contributed by atoms with van der Waals surface area (Å²) in [6.45, 7) is 7.84. The molecular formula is C70H141O2. The van der Waals surface area contributed by atoms with Crippen molar-refractivity contribution >= 4 is 0 Å². The van der Waals surface area contributed by atoms with Crippen LogP contribution in [-0.4, -0.2) is 19.8 Å². The Morgan fingerprint density at radius 2 is 0.403 bits per heavy atom. The van der Waals surface area contributed by atoms with Gasteiger partial charge in [0.05, 0.1) is 6.10 Å². The normalized spacial score (nSPS) is 12.3. The molecule has 1 radical (unpaired) electrons. The maximum atomic E-state index is 6.66. The van der Waals surface area contributed by atoms with E-state index in [0.29, 0.717) is 0 Å². The van der Waals surface area contributed by atoms with Gasteiger partial charge in [0.15, 0.2) is 0 Å². The minimum absolute atomic E-state index is 0.191. The van der Waals surface area contributed by atoms with Gasteiger partial charge in [-0.1, -0.05) is 406 Å². The van der Waals surface area contributed by atoms with Gasteiger partial charge in [-0.3, -0.25) is 0 Å². The highest BCUT2D eigenvalue weighted by Crippen LogP contribution is 2.27. The fourth-order valence-electron chi connectivity index (χ4n) is 11.6. The zero-order chi connectivity index (χ0) is 51.8. The van der Waals surface area contributed by atoms with E-state index in [4.69, 9.17) is 9.47 Å². The molecule has 433 valence electrons. The third-order valence-electron chi connectivity index (χ3n) is 16.8. The molecule has 1 atom stereocenters. The zero-order valence-electron chi connectivity index (χ0n) is 51.1. The summed E-state index contributed by atoms with van der Waals surface area (Å²) in [4.78, 5) is 0. The Balaban J connectivity index is 4.17. The smallest absolute Gasteiger partial charge is 0.126 e. The van der Waals surface area contributed by atoms with Gasteiger partial charge in [-0.05, 0) is 19.3 Å². The van der Waals surface area contributed by atoms with E-state index in [0.717, 1.165) is 19.4 Å². The first-order valence-corrected chi connectivity index (χ1v) is 34.8. The van der Waals surface area contributed by atoms with Gasteiger partial charge in [-0.15, -0.1) is 0 Å². The molecule has 0 aromatic rings. The molecule has 0 fully saturated rings. The lowest BCUT2D eigenvalue weighted by atomic mass is 9.98. The topological polar surface area (TPSA) is 18.5 Å². The van der Waals surface area contributed by atoms with Crippen molar-refractivity contribution in [3.8, 4) is 0 Å². The van der Waals surface area contributed by atoms with Crippen molar-refractivity contribution in [1.82, 2.24) is 0 Å². The molecule has 0 aromatic carbocycles. The van der Waals surface area contributed by atoms with Crippen LogP contribution in [0, 0.1) is 6.10 Å². The molecule has 0 aliphatic carbocycles. The summed E-state index contributed by atoms with van der Waals surface area (Å²) in [5, 5.41) is 0. The first-order chi connectivity index (χ1) is 35.8. The number of ether oxygens (including phenoxy) is 2. The summed E-state index contributed by atoms with van der Waals surface area (Å²) in [6.07, 6.45) is 91.4. The lowest BCUT2D eigenvalue weighted by Gasteiger charge is -2.25. The minimum atomic E-state index is 0.191. The Labute approximate surface area is 458 Å². The van der Waals surface area contributed by atoms with Crippen molar-refractivity contribution in [2.24, 2.45) is 0 Å². The van der Waals surface area contributed by atoms with Gasteiger partial charge in [-0.25, -0.2) is 0 Å². The summed E-state index contributed by atoms with van der Waals surface area (Å²) in [5.41, 5.74) is 0. The number of methoxy groups -OCH3 is 1. The second kappa shape index (κ2) is 67.0. The molecule has 2 nitrogen and oxygen atoms in total. The molecule has 0 N–H and O–H groups in total. The van der Waals surface area contributed by atoms with Crippen LogP contribution in [0.15, 0.2) is 0 Å². The van der Waals surface area contributed by atoms with Crippen molar-refractivity contribution in [3.05, 3.63) is 6.10 Å². The molecule has 1 unspecified atom stereocenters. The molecule has 0 spiro atoms. The summed E-state index contributed by atoms with van der Waals surface area (Å²) in [6, 6.07) is 0. The Morgan fingerprint density at radius 3 is 0.611 bits per heavy atom. The molecule has 0 saturated carbocycles. The van der Waals surface area contributed by atoms with E-state index in [9.17, 15) is 0 Å². The van der Waals surface area contributed by atoms with E-state index in [1.54, 1.807) is 0 Å². The Kier molecular flexibility index (Phi) is 67.0. The molecule has 0 rings (SSSR count). The highest BCUT2D eigenvalue weighted by molar-refractivity contribution is 4.89. The van der Waals surface area contributed by atoms with E-state index in [1.807, 2.05) is 7.11 Å². The maximum absolute atomic E-state index is 6.66. The molecule has 72 heavy (non-hydrogen) atoms. The van der Waals surface area contributed by atoms with Crippen LogP contribution in [0.5, 0.6) is 0 Å². The average Bonchev–Trinajstić information content (AvgIpc) is 3.39. The molecule has 2 heteroatoms. The van der Waals surface area contributed by atoms with Crippen LogP contribution in [0.25, 0.3) is 0 Å². The summed E-state index contributed by atoms with van der Waals surface area (Å²) in [5.74, 6) is 0. The predicted molar refractivity (Wildman–Crippen MR) is 328 cm³/mol. The first-order valence-electron chi connectivity index (χ1n) is 34.8. The van der Waals surface area contributed by atoms with Crippen molar-refractivity contribution in [2.75, 3.05) is 13.7 Å². The van der Waals surface area contributed by atoms with Crippen LogP contribution in [0.2, 0.25) is 0 Å². The quantitative estimate of drug-likeness (QED) is 0.0565. The Morgan fingerprint density at radius 1 is 0.222 bits per heavy atom. The maximum Gasteiger partial charge on any atom is 0.126 e. The van der Waals surface area contributed by atoms with Crippen molar-refractivity contribution in [2.45, 2.75) is 431 Å². The van der Waals surface area contributed by atoms with Crippen LogP contribution in [0.4, 0.5) is 0 Å². The third-order valence-corrected chi connectivity index (χ3v) is 16.8. The molecule has 0 saturated heterocycles. The van der Waals surface area contributed by atoms with Gasteiger partial charge in [-0.2, -0.15) is 0 Å². The first kappa shape index (κ1) is 71.9. The fraction of sp³-hybridized carbons (Fsp3) is 0.986. The van der Waals surface area contributed by atoms with Crippen LogP contribution in [-0.2, 0) is 9.47 Å². The zero-order valence-corrected chi connectivity index (χ0v) is 51.1. The second-order valence-electron chi connectivity index (χ2n) is 24.1. The van der Waals surface area contributed by atoms with Crippen molar-refractivity contribution < 1.29 is 9.47 Å². The van der Waals surface area contributed by atoms with Crippen LogP contribution in [0.1, 0.15) is 425 Å². The van der Waals surface area contributed by atoms with E-state index in [1.165, 1.54) is 398 Å². The monoisotopic (exact) mass is 1010 g/mol. The molecule has 0 bridgehead atoms. The lowest BCUT2D eigenvalue weighted by molar-refractivity contribution is 0.00123. The second-order valence-corrected chi connectivity index (χ2v) is 24.1. The van der Waals surface area contributed by atoms with E-state index >= 15 is 0 Å². The summed E-state index contributed by atoms with van der Waals surface area (Å²) in [7, 11) is 1.94. The molecule has 0 aromatic heterocycles. The van der Waals surface area contributed by atoms with Gasteiger partial charge >= 0.3 is 0 Å². The van der Waals surface area contributed by atoms with Crippen LogP contribution >= 0.6 is 0 Å². The Bertz CT molecular complexity index is 902. The van der Waals surface area contributed by atoms with Crippen LogP contribution < -0.4 is 0 Å². The average molecular weight is 1010 g/mol. The van der Waals surface area contributed by atoms with Crippen molar-refractivity contribution in [3.63, 3.8) is 0 Å². The molecule has 0 aliphatic rings. The number of unbranched alkanes of at least 4 members (excludes halogenated alkanes) is 58. The molecule has 0 aliphatic heterocycles. The van der Waals surface area contributed by atoms with Gasteiger partial charge < -0.3 is 9.47 Å². The number of hydrogen-bond donors (Lipinski definition) is 0. The standard InChI is InChI=1S/C70H141O2/c1-5-8-11-14-17-20-23-26-29-32-35-37-40-43-46-49-52-55-58-61-64-67-70(69(71-4)66-63-60-57-54-51-48-45-42-39-34-31-28-25-22-19-16-13-10-7-3)72-68-65-62-59-56-53-50-47-44-41-38-36-33-30-27-24-21-18-15-12-9-6-2/h69H,5-68H2,1-4H3. The summed E-state index contributed by atoms with van der Waals surface area (Å²) < 4.78 is 12.8. The molecule has 0 heterocycles. The Hall–Kier alpha value is -0.0800. The highest BCUT2D eigenvalue weighted by atomic mass is 16.5. The number of hydrogen-bond acceptors (Lipinski definition) is 2. The minimum Gasteiger partial charge on any atom is -0.378 e. The molecule has 0 amide bonds. The van der Waals surface area contributed by atoms with Gasteiger partial charge in [0.25, 0.3) is 0 Å². The predicted octanol–water partition coefficient (Wildman–Crippen LogP) is 26.2. The fourth-order valence-corrected chi connectivity index (χ4v) is 11.6. The van der Waals surface area contributed by atoms with E-state index in [-0.39, 0.29) is 6.10 Å².